The van der Waals surface area contributed by atoms with Gasteiger partial charge in [0.15, 0.2) is 0 Å². The lowest BCUT2D eigenvalue weighted by atomic mass is 10.1. The number of aromatic nitrogens is 2. The SMILES string of the molecule is O=C(CN1CCNCCNCCNCC1)Nc1cc2cccnc2c2ncccc12. The van der Waals surface area contributed by atoms with Crippen molar-refractivity contribution in [2.45, 2.75) is 0 Å². The molecule has 0 saturated carbocycles. The Bertz CT molecular complexity index is 982. The molecule has 0 radical (unpaired) electrons. The Morgan fingerprint density at radius 2 is 1.53 bits per heavy atom. The first-order valence-electron chi connectivity index (χ1n) is 10.6. The smallest absolute Gasteiger partial charge is 0.238 e. The van der Waals surface area contributed by atoms with Gasteiger partial charge < -0.3 is 21.3 Å². The van der Waals surface area contributed by atoms with Gasteiger partial charge in [0.1, 0.15) is 0 Å². The summed E-state index contributed by atoms with van der Waals surface area (Å²) in [4.78, 5) is 24.1. The van der Waals surface area contributed by atoms with Crippen LogP contribution in [0.2, 0.25) is 0 Å². The maximum atomic E-state index is 12.9. The maximum Gasteiger partial charge on any atom is 0.238 e. The Labute approximate surface area is 176 Å². The van der Waals surface area contributed by atoms with Crippen LogP contribution in [0.15, 0.2) is 42.7 Å². The Morgan fingerprint density at radius 3 is 2.27 bits per heavy atom. The first-order chi connectivity index (χ1) is 14.8. The number of rotatable bonds is 3. The molecule has 1 fully saturated rings. The lowest BCUT2D eigenvalue weighted by molar-refractivity contribution is -0.117. The first-order valence-corrected chi connectivity index (χ1v) is 10.6. The number of amides is 1. The van der Waals surface area contributed by atoms with Crippen LogP contribution in [-0.4, -0.2) is 79.7 Å². The van der Waals surface area contributed by atoms with E-state index < -0.39 is 0 Å². The van der Waals surface area contributed by atoms with Crippen LogP contribution in [0.5, 0.6) is 0 Å². The van der Waals surface area contributed by atoms with E-state index in [1.807, 2.05) is 30.3 Å². The van der Waals surface area contributed by atoms with E-state index in [0.717, 1.165) is 79.9 Å². The normalized spacial score (nSPS) is 17.3. The van der Waals surface area contributed by atoms with Crippen LogP contribution in [0, 0.1) is 0 Å². The Kier molecular flexibility index (Phi) is 7.15. The van der Waals surface area contributed by atoms with Gasteiger partial charge in [-0.2, -0.15) is 0 Å². The molecule has 1 aliphatic rings. The average Bonchev–Trinajstić information content (AvgIpc) is 2.76. The monoisotopic (exact) mass is 407 g/mol. The number of carbonyl (C=O) groups is 1. The molecule has 4 rings (SSSR count). The molecule has 0 unspecified atom stereocenters. The second-order valence-corrected chi connectivity index (χ2v) is 7.47. The predicted molar refractivity (Wildman–Crippen MR) is 121 cm³/mol. The summed E-state index contributed by atoms with van der Waals surface area (Å²) >= 11 is 0. The molecule has 0 spiro atoms. The molecule has 0 bridgehead atoms. The van der Waals surface area contributed by atoms with Crippen LogP contribution in [0.4, 0.5) is 5.69 Å². The molecular formula is C22H29N7O. The van der Waals surface area contributed by atoms with Crippen molar-refractivity contribution in [2.75, 3.05) is 64.2 Å². The molecule has 0 atom stereocenters. The average molecular weight is 408 g/mol. The molecule has 1 aromatic carbocycles. The van der Waals surface area contributed by atoms with Gasteiger partial charge in [0.2, 0.25) is 5.91 Å². The number of fused-ring (bicyclic) bond motifs is 3. The second-order valence-electron chi connectivity index (χ2n) is 7.47. The fourth-order valence-corrected chi connectivity index (χ4v) is 3.75. The first kappa shape index (κ1) is 20.6. The number of carbonyl (C=O) groups excluding carboxylic acids is 1. The number of pyridine rings is 2. The molecule has 3 aromatic rings. The Morgan fingerprint density at radius 1 is 0.900 bits per heavy atom. The van der Waals surface area contributed by atoms with Gasteiger partial charge in [-0.3, -0.25) is 19.7 Å². The number of nitrogens with zero attached hydrogens (tertiary/aromatic N) is 3. The van der Waals surface area contributed by atoms with Gasteiger partial charge in [-0.25, -0.2) is 0 Å². The summed E-state index contributed by atoms with van der Waals surface area (Å²) in [6, 6.07) is 9.74. The molecule has 158 valence electrons. The molecule has 1 amide bonds. The number of nitrogens with one attached hydrogen (secondary N) is 4. The summed E-state index contributed by atoms with van der Waals surface area (Å²) in [5, 5.41) is 15.2. The molecule has 4 N–H and O–H groups in total. The van der Waals surface area contributed by atoms with Gasteiger partial charge in [0, 0.05) is 75.5 Å². The third-order valence-corrected chi connectivity index (χ3v) is 5.27. The Hall–Kier alpha value is -2.65. The summed E-state index contributed by atoms with van der Waals surface area (Å²) in [5.41, 5.74) is 2.43. The summed E-state index contributed by atoms with van der Waals surface area (Å²) in [6.45, 7) is 7.54. The van der Waals surface area contributed by atoms with E-state index in [2.05, 4.69) is 36.1 Å². The maximum absolute atomic E-state index is 12.9. The molecule has 2 aromatic heterocycles. The highest BCUT2D eigenvalue weighted by Gasteiger charge is 2.14. The van der Waals surface area contributed by atoms with E-state index in [4.69, 9.17) is 0 Å². The zero-order valence-corrected chi connectivity index (χ0v) is 17.2. The highest BCUT2D eigenvalue weighted by Crippen LogP contribution is 2.29. The van der Waals surface area contributed by atoms with Crippen molar-refractivity contribution in [2.24, 2.45) is 0 Å². The van der Waals surface area contributed by atoms with Crippen LogP contribution < -0.4 is 21.3 Å². The van der Waals surface area contributed by atoms with Crippen molar-refractivity contribution in [3.05, 3.63) is 42.7 Å². The highest BCUT2D eigenvalue weighted by molar-refractivity contribution is 6.12. The number of hydrogen-bond acceptors (Lipinski definition) is 7. The standard InChI is InChI=1S/C22H29N7O/c30-20(16-29-13-11-24-9-7-23-8-10-25-12-14-29)28-19-15-17-3-1-5-26-21(17)22-18(19)4-2-6-27-22/h1-6,15,23-25H,7-14,16H2,(H,28,30). The molecule has 8 nitrogen and oxygen atoms in total. The molecule has 3 heterocycles. The van der Waals surface area contributed by atoms with E-state index in [1.165, 1.54) is 0 Å². The summed E-state index contributed by atoms with van der Waals surface area (Å²) < 4.78 is 0. The van der Waals surface area contributed by atoms with Gasteiger partial charge in [0.25, 0.3) is 0 Å². The van der Waals surface area contributed by atoms with E-state index in [-0.39, 0.29) is 5.91 Å². The predicted octanol–water partition coefficient (Wildman–Crippen LogP) is 0.806. The van der Waals surface area contributed by atoms with Crippen molar-refractivity contribution in [1.29, 1.82) is 0 Å². The van der Waals surface area contributed by atoms with Crippen molar-refractivity contribution in [1.82, 2.24) is 30.8 Å². The molecule has 0 aliphatic carbocycles. The van der Waals surface area contributed by atoms with E-state index >= 15 is 0 Å². The van der Waals surface area contributed by atoms with Crippen LogP contribution in [0.25, 0.3) is 21.8 Å². The van der Waals surface area contributed by atoms with Gasteiger partial charge in [-0.05, 0) is 24.3 Å². The highest BCUT2D eigenvalue weighted by atomic mass is 16.2. The van der Waals surface area contributed by atoms with Crippen molar-refractivity contribution < 1.29 is 4.79 Å². The van der Waals surface area contributed by atoms with Crippen molar-refractivity contribution in [3.63, 3.8) is 0 Å². The number of hydrogen-bond donors (Lipinski definition) is 4. The lowest BCUT2D eigenvalue weighted by Gasteiger charge is -2.23. The van der Waals surface area contributed by atoms with Crippen LogP contribution in [0.3, 0.4) is 0 Å². The number of anilines is 1. The van der Waals surface area contributed by atoms with Crippen LogP contribution >= 0.6 is 0 Å². The summed E-state index contributed by atoms with van der Waals surface area (Å²) in [6.07, 6.45) is 3.53. The van der Waals surface area contributed by atoms with Gasteiger partial charge in [0.05, 0.1) is 23.3 Å². The van der Waals surface area contributed by atoms with E-state index in [0.29, 0.717) is 6.54 Å². The van der Waals surface area contributed by atoms with Gasteiger partial charge in [-0.1, -0.05) is 6.07 Å². The minimum absolute atomic E-state index is 0.0165. The third kappa shape index (κ3) is 5.28. The minimum atomic E-state index is -0.0165. The van der Waals surface area contributed by atoms with Gasteiger partial charge >= 0.3 is 0 Å². The summed E-state index contributed by atoms with van der Waals surface area (Å²) in [5.74, 6) is -0.0165. The van der Waals surface area contributed by atoms with Crippen LogP contribution in [0.1, 0.15) is 0 Å². The topological polar surface area (TPSA) is 94.2 Å². The fourth-order valence-electron chi connectivity index (χ4n) is 3.75. The largest absolute Gasteiger partial charge is 0.324 e. The molecule has 8 heteroatoms. The van der Waals surface area contributed by atoms with E-state index in [1.54, 1.807) is 12.4 Å². The van der Waals surface area contributed by atoms with Crippen molar-refractivity contribution in [3.8, 4) is 0 Å². The minimum Gasteiger partial charge on any atom is -0.324 e. The zero-order chi connectivity index (χ0) is 20.6. The third-order valence-electron chi connectivity index (χ3n) is 5.27. The Balaban J connectivity index is 1.47. The molecule has 1 aliphatic heterocycles. The molecule has 30 heavy (non-hydrogen) atoms. The summed E-state index contributed by atoms with van der Waals surface area (Å²) in [7, 11) is 0. The fraction of sp³-hybridized carbons (Fsp3) is 0.409. The molecular weight excluding hydrogens is 378 g/mol. The van der Waals surface area contributed by atoms with Crippen molar-refractivity contribution >= 4 is 33.4 Å². The molecule has 1 saturated heterocycles. The quantitative estimate of drug-likeness (QED) is 0.477. The van der Waals surface area contributed by atoms with Gasteiger partial charge in [-0.15, -0.1) is 0 Å². The second kappa shape index (κ2) is 10.4. The van der Waals surface area contributed by atoms with Crippen LogP contribution in [-0.2, 0) is 4.79 Å². The van der Waals surface area contributed by atoms with E-state index in [9.17, 15) is 4.79 Å². The number of benzene rings is 1. The lowest BCUT2D eigenvalue weighted by Crippen LogP contribution is -2.44. The zero-order valence-electron chi connectivity index (χ0n) is 17.2.